The average Bonchev–Trinajstić information content (AvgIpc) is 2.54. The quantitative estimate of drug-likeness (QED) is 0.897. The molecule has 4 nitrogen and oxygen atoms in total. The number of hydrogen-bond acceptors (Lipinski definition) is 4. The second-order valence-corrected chi connectivity index (χ2v) is 5.50. The summed E-state index contributed by atoms with van der Waals surface area (Å²) in [6, 6.07) is 9.85. The first-order chi connectivity index (χ1) is 9.77. The maximum Gasteiger partial charge on any atom is 0.0881 e. The molecule has 1 atom stereocenters. The SMILES string of the molecule is NCC1(C(O)c2cccc3cccnc23)CCOCC1. The first-order valence-electron chi connectivity index (χ1n) is 7.06. The van der Waals surface area contributed by atoms with Crippen LogP contribution in [0.2, 0.25) is 0 Å². The van der Waals surface area contributed by atoms with E-state index in [-0.39, 0.29) is 5.41 Å². The smallest absolute Gasteiger partial charge is 0.0881 e. The predicted octanol–water partition coefficient (Wildman–Crippen LogP) is 2.02. The van der Waals surface area contributed by atoms with E-state index < -0.39 is 6.10 Å². The Balaban J connectivity index is 2.05. The molecule has 0 bridgehead atoms. The minimum atomic E-state index is -0.602. The van der Waals surface area contributed by atoms with E-state index in [2.05, 4.69) is 4.98 Å². The van der Waals surface area contributed by atoms with Crippen molar-refractivity contribution in [3.8, 4) is 0 Å². The first-order valence-corrected chi connectivity index (χ1v) is 7.06. The number of para-hydroxylation sites is 1. The van der Waals surface area contributed by atoms with E-state index in [1.54, 1.807) is 6.20 Å². The van der Waals surface area contributed by atoms with Crippen LogP contribution >= 0.6 is 0 Å². The number of benzene rings is 1. The number of nitrogens with zero attached hydrogens (tertiary/aromatic N) is 1. The molecule has 2 aromatic rings. The first kappa shape index (κ1) is 13.5. The Labute approximate surface area is 118 Å². The molecule has 3 rings (SSSR count). The highest BCUT2D eigenvalue weighted by atomic mass is 16.5. The number of fused-ring (bicyclic) bond motifs is 1. The monoisotopic (exact) mass is 272 g/mol. The van der Waals surface area contributed by atoms with Crippen LogP contribution in [0.15, 0.2) is 36.5 Å². The number of hydrogen-bond donors (Lipinski definition) is 2. The third-order valence-electron chi connectivity index (χ3n) is 4.43. The van der Waals surface area contributed by atoms with Crippen LogP contribution in [0, 0.1) is 5.41 Å². The zero-order chi connectivity index (χ0) is 14.0. The van der Waals surface area contributed by atoms with Gasteiger partial charge in [0.2, 0.25) is 0 Å². The molecule has 0 spiro atoms. The predicted molar refractivity (Wildman–Crippen MR) is 78.2 cm³/mol. The molecule has 2 heterocycles. The molecule has 1 aromatic heterocycles. The highest BCUT2D eigenvalue weighted by Gasteiger charge is 2.39. The summed E-state index contributed by atoms with van der Waals surface area (Å²) in [7, 11) is 0. The van der Waals surface area contributed by atoms with Crippen molar-refractivity contribution in [2.75, 3.05) is 19.8 Å². The molecular formula is C16H20N2O2. The van der Waals surface area contributed by atoms with Crippen LogP contribution in [0.25, 0.3) is 10.9 Å². The molecule has 1 fully saturated rings. The van der Waals surface area contributed by atoms with E-state index in [1.165, 1.54) is 0 Å². The number of nitrogens with two attached hydrogens (primary N) is 1. The molecule has 1 aromatic carbocycles. The van der Waals surface area contributed by atoms with Gasteiger partial charge in [0.1, 0.15) is 0 Å². The Kier molecular flexibility index (Phi) is 3.70. The Hall–Kier alpha value is -1.49. The molecule has 0 aliphatic carbocycles. The number of aliphatic hydroxyl groups excluding tert-OH is 1. The summed E-state index contributed by atoms with van der Waals surface area (Å²) in [5, 5.41) is 12.0. The molecule has 4 heteroatoms. The van der Waals surface area contributed by atoms with Gasteiger partial charge in [-0.25, -0.2) is 0 Å². The summed E-state index contributed by atoms with van der Waals surface area (Å²) in [5.41, 5.74) is 7.42. The van der Waals surface area contributed by atoms with Gasteiger partial charge in [0.05, 0.1) is 11.6 Å². The normalized spacial score (nSPS) is 19.9. The fourth-order valence-corrected chi connectivity index (χ4v) is 3.05. The van der Waals surface area contributed by atoms with E-state index in [1.807, 2.05) is 30.3 Å². The summed E-state index contributed by atoms with van der Waals surface area (Å²) in [4.78, 5) is 4.43. The van der Waals surface area contributed by atoms with Crippen LogP contribution in [-0.4, -0.2) is 29.8 Å². The standard InChI is InChI=1S/C16H20N2O2/c17-11-16(6-9-20-10-7-16)15(19)13-5-1-3-12-4-2-8-18-14(12)13/h1-5,8,15,19H,6-7,9-11,17H2. The van der Waals surface area contributed by atoms with Crippen LogP contribution in [0.4, 0.5) is 0 Å². The number of rotatable bonds is 3. The lowest BCUT2D eigenvalue weighted by Gasteiger charge is -2.40. The summed E-state index contributed by atoms with van der Waals surface area (Å²) < 4.78 is 5.42. The van der Waals surface area contributed by atoms with Crippen molar-refractivity contribution in [3.63, 3.8) is 0 Å². The van der Waals surface area contributed by atoms with Gasteiger partial charge in [0, 0.05) is 42.3 Å². The molecular weight excluding hydrogens is 252 g/mol. The van der Waals surface area contributed by atoms with Gasteiger partial charge in [-0.2, -0.15) is 0 Å². The van der Waals surface area contributed by atoms with Gasteiger partial charge in [-0.3, -0.25) is 4.98 Å². The van der Waals surface area contributed by atoms with E-state index in [0.29, 0.717) is 19.8 Å². The molecule has 1 unspecified atom stereocenters. The second kappa shape index (κ2) is 5.48. The zero-order valence-corrected chi connectivity index (χ0v) is 11.5. The summed E-state index contributed by atoms with van der Waals surface area (Å²) >= 11 is 0. The lowest BCUT2D eigenvalue weighted by molar-refractivity contribution is -0.0576. The minimum Gasteiger partial charge on any atom is -0.388 e. The van der Waals surface area contributed by atoms with Crippen LogP contribution in [-0.2, 0) is 4.74 Å². The van der Waals surface area contributed by atoms with E-state index in [9.17, 15) is 5.11 Å². The molecule has 0 saturated carbocycles. The maximum absolute atomic E-state index is 10.9. The lowest BCUT2D eigenvalue weighted by atomic mass is 9.72. The number of aromatic nitrogens is 1. The van der Waals surface area contributed by atoms with Crippen molar-refractivity contribution < 1.29 is 9.84 Å². The van der Waals surface area contributed by atoms with Crippen LogP contribution in [0.5, 0.6) is 0 Å². The van der Waals surface area contributed by atoms with Crippen molar-refractivity contribution in [1.82, 2.24) is 4.98 Å². The van der Waals surface area contributed by atoms with Crippen molar-refractivity contribution in [1.29, 1.82) is 0 Å². The van der Waals surface area contributed by atoms with Crippen LogP contribution in [0.3, 0.4) is 0 Å². The van der Waals surface area contributed by atoms with E-state index >= 15 is 0 Å². The van der Waals surface area contributed by atoms with Crippen molar-refractivity contribution in [3.05, 3.63) is 42.1 Å². The minimum absolute atomic E-state index is 0.302. The number of pyridine rings is 1. The van der Waals surface area contributed by atoms with Gasteiger partial charge in [-0.1, -0.05) is 24.3 Å². The van der Waals surface area contributed by atoms with Gasteiger partial charge >= 0.3 is 0 Å². The maximum atomic E-state index is 10.9. The molecule has 20 heavy (non-hydrogen) atoms. The summed E-state index contributed by atoms with van der Waals surface area (Å²) in [5.74, 6) is 0. The van der Waals surface area contributed by atoms with E-state index in [4.69, 9.17) is 10.5 Å². The van der Waals surface area contributed by atoms with Crippen molar-refractivity contribution in [2.24, 2.45) is 11.1 Å². The second-order valence-electron chi connectivity index (χ2n) is 5.50. The highest BCUT2D eigenvalue weighted by Crippen LogP contribution is 2.43. The molecule has 1 aliphatic rings. The third-order valence-corrected chi connectivity index (χ3v) is 4.43. The van der Waals surface area contributed by atoms with Crippen molar-refractivity contribution >= 4 is 10.9 Å². The molecule has 0 radical (unpaired) electrons. The van der Waals surface area contributed by atoms with Gasteiger partial charge in [-0.15, -0.1) is 0 Å². The Bertz CT molecular complexity index is 589. The largest absolute Gasteiger partial charge is 0.388 e. The molecule has 1 aliphatic heterocycles. The van der Waals surface area contributed by atoms with Gasteiger partial charge in [0.25, 0.3) is 0 Å². The van der Waals surface area contributed by atoms with Crippen LogP contribution < -0.4 is 5.73 Å². The van der Waals surface area contributed by atoms with E-state index in [0.717, 1.165) is 29.3 Å². The van der Waals surface area contributed by atoms with Crippen molar-refractivity contribution in [2.45, 2.75) is 18.9 Å². The Morgan fingerprint density at radius 2 is 2.00 bits per heavy atom. The molecule has 106 valence electrons. The van der Waals surface area contributed by atoms with Gasteiger partial charge in [0.15, 0.2) is 0 Å². The molecule has 3 N–H and O–H groups in total. The molecule has 1 saturated heterocycles. The summed E-state index contributed by atoms with van der Waals surface area (Å²) in [6.45, 7) is 1.78. The van der Waals surface area contributed by atoms with Gasteiger partial charge < -0.3 is 15.6 Å². The molecule has 0 amide bonds. The summed E-state index contributed by atoms with van der Waals surface area (Å²) in [6.07, 6.45) is 2.73. The number of ether oxygens (including phenoxy) is 1. The van der Waals surface area contributed by atoms with Crippen LogP contribution in [0.1, 0.15) is 24.5 Å². The average molecular weight is 272 g/mol. The Morgan fingerprint density at radius 3 is 2.75 bits per heavy atom. The third kappa shape index (κ3) is 2.20. The topological polar surface area (TPSA) is 68.4 Å². The fraction of sp³-hybridized carbons (Fsp3) is 0.438. The highest BCUT2D eigenvalue weighted by molar-refractivity contribution is 5.81. The zero-order valence-electron chi connectivity index (χ0n) is 11.5. The fourth-order valence-electron chi connectivity index (χ4n) is 3.05. The van der Waals surface area contributed by atoms with Gasteiger partial charge in [-0.05, 0) is 18.9 Å². The lowest BCUT2D eigenvalue weighted by Crippen LogP contribution is -2.41. The Morgan fingerprint density at radius 1 is 1.25 bits per heavy atom. The number of aliphatic hydroxyl groups is 1.